The minimum Gasteiger partial charge on any atom is -1.00 e. The lowest BCUT2D eigenvalue weighted by molar-refractivity contribution is -0.669. The summed E-state index contributed by atoms with van der Waals surface area (Å²) in [6.45, 7) is 9.05. The van der Waals surface area contributed by atoms with Crippen molar-refractivity contribution < 1.29 is 33.0 Å². The van der Waals surface area contributed by atoms with Gasteiger partial charge < -0.3 is 38.2 Å². The first kappa shape index (κ1) is 27.9. The van der Waals surface area contributed by atoms with Crippen LogP contribution in [0, 0.1) is 0 Å². The van der Waals surface area contributed by atoms with Gasteiger partial charge in [0.15, 0.2) is 12.3 Å². The molecule has 0 N–H and O–H groups in total. The maximum Gasteiger partial charge on any atom is 0.263 e. The Bertz CT molecular complexity index is 1610. The summed E-state index contributed by atoms with van der Waals surface area (Å²) in [7, 11) is 2.15. The number of hydrogen-bond acceptors (Lipinski definition) is 4. The molecule has 0 amide bonds. The molecular formula is C33H36IN3OS. The van der Waals surface area contributed by atoms with E-state index in [1.807, 2.05) is 17.4 Å². The molecule has 3 heterocycles. The second-order valence-corrected chi connectivity index (χ2v) is 11.2. The highest BCUT2D eigenvalue weighted by atomic mass is 127. The van der Waals surface area contributed by atoms with Crippen LogP contribution in [0.2, 0.25) is 0 Å². The molecule has 0 aliphatic carbocycles. The Labute approximate surface area is 252 Å². The van der Waals surface area contributed by atoms with Gasteiger partial charge in [0.2, 0.25) is 5.52 Å². The van der Waals surface area contributed by atoms with Crippen LogP contribution >= 0.6 is 11.3 Å². The highest BCUT2D eigenvalue weighted by Gasteiger charge is 2.31. The number of fused-ring (bicyclic) bond motifs is 5. The first-order chi connectivity index (χ1) is 18.7. The van der Waals surface area contributed by atoms with Gasteiger partial charge in [-0.1, -0.05) is 67.6 Å². The fourth-order valence-corrected chi connectivity index (χ4v) is 6.99. The van der Waals surface area contributed by atoms with Gasteiger partial charge in [-0.05, 0) is 50.2 Å². The molecule has 0 saturated carbocycles. The van der Waals surface area contributed by atoms with E-state index in [0.717, 1.165) is 47.5 Å². The van der Waals surface area contributed by atoms with Crippen molar-refractivity contribution >= 4 is 55.5 Å². The van der Waals surface area contributed by atoms with Gasteiger partial charge in [-0.2, -0.15) is 4.57 Å². The van der Waals surface area contributed by atoms with E-state index < -0.39 is 0 Å². The van der Waals surface area contributed by atoms with E-state index in [0.29, 0.717) is 0 Å². The predicted octanol–water partition coefficient (Wildman–Crippen LogP) is 5.12. The number of benzene rings is 3. The number of hydrogen-bond donors (Lipinski definition) is 0. The predicted molar refractivity (Wildman–Crippen MR) is 161 cm³/mol. The Hall–Kier alpha value is -2.68. The van der Waals surface area contributed by atoms with Crippen LogP contribution in [0.3, 0.4) is 0 Å². The molecule has 0 spiro atoms. The Balaban J connectivity index is 0.00000308. The first-order valence-electron chi connectivity index (χ1n) is 13.9. The Morgan fingerprint density at radius 2 is 1.62 bits per heavy atom. The van der Waals surface area contributed by atoms with Crippen LogP contribution < -0.4 is 33.4 Å². The average molecular weight is 650 g/mol. The van der Waals surface area contributed by atoms with E-state index >= 15 is 0 Å². The van der Waals surface area contributed by atoms with Gasteiger partial charge in [-0.3, -0.25) is 0 Å². The lowest BCUT2D eigenvalue weighted by atomic mass is 9.94. The van der Waals surface area contributed by atoms with Gasteiger partial charge in [0.05, 0.1) is 5.69 Å². The third-order valence-corrected chi connectivity index (χ3v) is 8.66. The van der Waals surface area contributed by atoms with Crippen LogP contribution in [0.1, 0.15) is 49.4 Å². The molecule has 0 fully saturated rings. The molecule has 5 aromatic rings. The molecular weight excluding hydrogens is 613 g/mol. The molecule has 0 radical (unpaired) electrons. The summed E-state index contributed by atoms with van der Waals surface area (Å²) in [6, 6.07) is 25.9. The molecule has 0 unspecified atom stereocenters. The summed E-state index contributed by atoms with van der Waals surface area (Å²) in [5.74, 6) is 0.952. The van der Waals surface area contributed by atoms with Crippen molar-refractivity contribution in [2.24, 2.45) is 0 Å². The monoisotopic (exact) mass is 649 g/mol. The lowest BCUT2D eigenvalue weighted by Gasteiger charge is -2.28. The number of furan rings is 1. The van der Waals surface area contributed by atoms with Crippen LogP contribution in [-0.2, 0) is 6.54 Å². The van der Waals surface area contributed by atoms with Gasteiger partial charge in [0.25, 0.3) is 5.01 Å². The maximum atomic E-state index is 6.56. The molecule has 0 bridgehead atoms. The Morgan fingerprint density at radius 3 is 2.44 bits per heavy atom. The van der Waals surface area contributed by atoms with Crippen LogP contribution in [0.25, 0.3) is 32.8 Å². The van der Waals surface area contributed by atoms with E-state index in [9.17, 15) is 0 Å². The topological polar surface area (TPSA) is 23.5 Å². The quantitative estimate of drug-likeness (QED) is 0.164. The van der Waals surface area contributed by atoms with E-state index in [1.54, 1.807) is 0 Å². The van der Waals surface area contributed by atoms with Crippen LogP contribution in [0.5, 0.6) is 0 Å². The molecule has 1 aliphatic rings. The van der Waals surface area contributed by atoms with E-state index in [1.165, 1.54) is 52.4 Å². The number of nitrogens with zero attached hydrogens (tertiary/aromatic N) is 3. The standard InChI is InChI=1S/C33H36N3OS.HI/c1-4-19-35(20-5-2)21-12-22-36-28-16-9-11-18-30(28)38-31(36)23-26-24-13-6-8-15-27(24)34(3)32-25-14-7-10-17-29(25)37-33(26)32;/h6-11,13-18,23H,4-5,12,19-22H2,1-3H3;1H/q+1;/p-1. The maximum absolute atomic E-state index is 6.56. The fraction of sp³-hybridized carbons (Fsp3) is 0.303. The van der Waals surface area contributed by atoms with Crippen LogP contribution in [0.15, 0.2) is 77.2 Å². The number of thiazole rings is 1. The largest absolute Gasteiger partial charge is 1.00 e. The number of aromatic nitrogens is 1. The molecule has 2 aromatic heterocycles. The van der Waals surface area contributed by atoms with Crippen molar-refractivity contribution in [3.63, 3.8) is 0 Å². The van der Waals surface area contributed by atoms with Gasteiger partial charge in [-0.25, -0.2) is 0 Å². The summed E-state index contributed by atoms with van der Waals surface area (Å²) in [5, 5.41) is 2.42. The van der Waals surface area contributed by atoms with Crippen molar-refractivity contribution in [3.8, 4) is 0 Å². The summed E-state index contributed by atoms with van der Waals surface area (Å²) < 4.78 is 10.4. The summed E-state index contributed by atoms with van der Waals surface area (Å²) >= 11 is 1.87. The SMILES string of the molecule is CCCN(CCC)CCC[n+]1c(/C=C2/c3ccccc3N(C)c3c2oc2ccccc32)sc2ccccc21.[I-]. The fourth-order valence-electron chi connectivity index (χ4n) is 5.86. The van der Waals surface area contributed by atoms with Gasteiger partial charge >= 0.3 is 0 Å². The first-order valence-corrected chi connectivity index (χ1v) is 14.7. The molecule has 1 aliphatic heterocycles. The second-order valence-electron chi connectivity index (χ2n) is 10.2. The number of aryl methyl sites for hydroxylation is 1. The zero-order valence-electron chi connectivity index (χ0n) is 23.0. The molecule has 4 nitrogen and oxygen atoms in total. The minimum atomic E-state index is 0. The number of halogens is 1. The molecule has 6 rings (SSSR count). The zero-order chi connectivity index (χ0) is 26.1. The van der Waals surface area contributed by atoms with Gasteiger partial charge in [-0.15, -0.1) is 0 Å². The highest BCUT2D eigenvalue weighted by Crippen LogP contribution is 2.49. The number of anilines is 2. The third kappa shape index (κ3) is 5.26. The molecule has 202 valence electrons. The summed E-state index contributed by atoms with van der Waals surface area (Å²) in [5.41, 5.74) is 6.96. The molecule has 3 aromatic carbocycles. The van der Waals surface area contributed by atoms with E-state index in [4.69, 9.17) is 4.42 Å². The van der Waals surface area contributed by atoms with Gasteiger partial charge in [0.1, 0.15) is 10.3 Å². The lowest BCUT2D eigenvalue weighted by Crippen LogP contribution is -3.00. The van der Waals surface area contributed by atoms with E-state index in [-0.39, 0.29) is 24.0 Å². The number of para-hydroxylation sites is 3. The second kappa shape index (κ2) is 12.2. The average Bonchev–Trinajstić information content (AvgIpc) is 3.50. The highest BCUT2D eigenvalue weighted by molar-refractivity contribution is 7.18. The Morgan fingerprint density at radius 1 is 0.897 bits per heavy atom. The molecule has 39 heavy (non-hydrogen) atoms. The van der Waals surface area contributed by atoms with Crippen molar-refractivity contribution in [1.82, 2.24) is 4.90 Å². The van der Waals surface area contributed by atoms with E-state index in [2.05, 4.69) is 108 Å². The molecule has 6 heteroatoms. The summed E-state index contributed by atoms with van der Waals surface area (Å²) in [6.07, 6.45) is 5.92. The zero-order valence-corrected chi connectivity index (χ0v) is 26.0. The Kier molecular flexibility index (Phi) is 8.74. The van der Waals surface area contributed by atoms with Crippen molar-refractivity contribution in [3.05, 3.63) is 89.1 Å². The van der Waals surface area contributed by atoms with Crippen LogP contribution in [0.4, 0.5) is 11.4 Å². The molecule has 0 saturated heterocycles. The minimum absolute atomic E-state index is 0. The summed E-state index contributed by atoms with van der Waals surface area (Å²) in [4.78, 5) is 4.89. The smallest absolute Gasteiger partial charge is 0.263 e. The van der Waals surface area contributed by atoms with Gasteiger partial charge in [0, 0.05) is 54.4 Å². The van der Waals surface area contributed by atoms with Crippen molar-refractivity contribution in [2.45, 2.75) is 39.7 Å². The van der Waals surface area contributed by atoms with Crippen LogP contribution in [-0.4, -0.2) is 31.6 Å². The normalized spacial score (nSPS) is 13.7. The number of rotatable bonds is 9. The molecule has 0 atom stereocenters. The third-order valence-electron chi connectivity index (χ3n) is 7.55. The van der Waals surface area contributed by atoms with Crippen molar-refractivity contribution in [2.75, 3.05) is 31.6 Å². The van der Waals surface area contributed by atoms with Crippen molar-refractivity contribution in [1.29, 1.82) is 0 Å².